The third-order valence-corrected chi connectivity index (χ3v) is 2.60. The minimum absolute atomic E-state index is 0.293. The van der Waals surface area contributed by atoms with E-state index in [-0.39, 0.29) is 0 Å². The monoisotopic (exact) mass is 289 g/mol. The summed E-state index contributed by atoms with van der Waals surface area (Å²) < 4.78 is 10.6. The summed E-state index contributed by atoms with van der Waals surface area (Å²) in [5.41, 5.74) is 0.823. The van der Waals surface area contributed by atoms with Crippen molar-refractivity contribution in [2.75, 3.05) is 31.4 Å². The van der Waals surface area contributed by atoms with Crippen molar-refractivity contribution in [2.24, 2.45) is 0 Å². The highest BCUT2D eigenvalue weighted by Crippen LogP contribution is 2.20. The van der Waals surface area contributed by atoms with E-state index in [4.69, 9.17) is 9.47 Å². The van der Waals surface area contributed by atoms with E-state index in [2.05, 4.69) is 25.6 Å². The van der Waals surface area contributed by atoms with E-state index in [1.165, 1.54) is 0 Å². The Kier molecular flexibility index (Phi) is 5.14. The molecule has 0 radical (unpaired) electrons. The predicted octanol–water partition coefficient (Wildman–Crippen LogP) is 2.45. The van der Waals surface area contributed by atoms with Crippen LogP contribution in [0.25, 0.3) is 0 Å². The van der Waals surface area contributed by atoms with E-state index in [9.17, 15) is 0 Å². The van der Waals surface area contributed by atoms with Gasteiger partial charge in [0.25, 0.3) is 0 Å². The van der Waals surface area contributed by atoms with Gasteiger partial charge in [-0.2, -0.15) is 15.0 Å². The van der Waals surface area contributed by atoms with Crippen LogP contribution in [-0.2, 0) is 0 Å². The summed E-state index contributed by atoms with van der Waals surface area (Å²) >= 11 is 0. The van der Waals surface area contributed by atoms with Crippen molar-refractivity contribution in [1.82, 2.24) is 15.0 Å². The maximum absolute atomic E-state index is 5.45. The first kappa shape index (κ1) is 14.8. The molecule has 0 saturated carbocycles. The number of aromatic nitrogens is 3. The lowest BCUT2D eigenvalue weighted by molar-refractivity contribution is 0.292. The first-order chi connectivity index (χ1) is 10.2. The summed E-state index contributed by atoms with van der Waals surface area (Å²) in [6.07, 6.45) is 0.888. The zero-order chi connectivity index (χ0) is 15.1. The van der Waals surface area contributed by atoms with E-state index < -0.39 is 0 Å². The molecule has 2 aromatic rings. The van der Waals surface area contributed by atoms with Crippen LogP contribution in [0.2, 0.25) is 0 Å². The molecule has 0 atom stereocenters. The Balaban J connectivity index is 2.21. The SMILES string of the molecule is CCCOc1nc(NC)nc(Nc2cccc(OC)c2)n1. The Morgan fingerprint density at radius 2 is 1.95 bits per heavy atom. The number of nitrogens with zero attached hydrogens (tertiary/aromatic N) is 3. The topological polar surface area (TPSA) is 81.2 Å². The van der Waals surface area contributed by atoms with Crippen LogP contribution < -0.4 is 20.1 Å². The molecule has 0 aliphatic rings. The van der Waals surface area contributed by atoms with E-state index in [1.807, 2.05) is 31.2 Å². The van der Waals surface area contributed by atoms with Crippen molar-refractivity contribution in [1.29, 1.82) is 0 Å². The lowest BCUT2D eigenvalue weighted by atomic mass is 10.3. The van der Waals surface area contributed by atoms with Crippen LogP contribution in [0, 0.1) is 0 Å². The molecule has 7 heteroatoms. The van der Waals surface area contributed by atoms with Gasteiger partial charge in [-0.1, -0.05) is 13.0 Å². The second-order valence-corrected chi connectivity index (χ2v) is 4.22. The zero-order valence-corrected chi connectivity index (χ0v) is 12.4. The molecule has 0 bridgehead atoms. The quantitative estimate of drug-likeness (QED) is 0.810. The molecule has 2 N–H and O–H groups in total. The van der Waals surface area contributed by atoms with Crippen LogP contribution in [0.1, 0.15) is 13.3 Å². The number of anilines is 3. The summed E-state index contributed by atoms with van der Waals surface area (Å²) in [5.74, 6) is 1.61. The van der Waals surface area contributed by atoms with Crippen molar-refractivity contribution >= 4 is 17.6 Å². The average Bonchev–Trinajstić information content (AvgIpc) is 2.52. The third-order valence-electron chi connectivity index (χ3n) is 2.60. The molecule has 112 valence electrons. The van der Waals surface area contributed by atoms with Crippen molar-refractivity contribution in [3.63, 3.8) is 0 Å². The van der Waals surface area contributed by atoms with Crippen LogP contribution in [0.5, 0.6) is 11.8 Å². The largest absolute Gasteiger partial charge is 0.497 e. The van der Waals surface area contributed by atoms with Gasteiger partial charge in [-0.3, -0.25) is 0 Å². The van der Waals surface area contributed by atoms with Gasteiger partial charge in [0.15, 0.2) is 0 Å². The lowest BCUT2D eigenvalue weighted by Crippen LogP contribution is -2.07. The maximum Gasteiger partial charge on any atom is 0.323 e. The van der Waals surface area contributed by atoms with E-state index in [0.29, 0.717) is 24.5 Å². The van der Waals surface area contributed by atoms with Crippen molar-refractivity contribution < 1.29 is 9.47 Å². The fraction of sp³-hybridized carbons (Fsp3) is 0.357. The van der Waals surface area contributed by atoms with Crippen molar-refractivity contribution in [3.8, 4) is 11.8 Å². The molecule has 0 unspecified atom stereocenters. The number of ether oxygens (including phenoxy) is 2. The highest BCUT2D eigenvalue weighted by molar-refractivity contribution is 5.56. The zero-order valence-electron chi connectivity index (χ0n) is 12.4. The van der Waals surface area contributed by atoms with Crippen LogP contribution in [0.4, 0.5) is 17.6 Å². The minimum atomic E-state index is 0.293. The molecule has 1 heterocycles. The Labute approximate surface area is 123 Å². The summed E-state index contributed by atoms with van der Waals surface area (Å²) in [6.45, 7) is 2.58. The van der Waals surface area contributed by atoms with Gasteiger partial charge >= 0.3 is 6.01 Å². The Hall–Kier alpha value is -2.57. The van der Waals surface area contributed by atoms with Gasteiger partial charge in [-0.15, -0.1) is 0 Å². The summed E-state index contributed by atoms with van der Waals surface area (Å²) in [6, 6.07) is 7.80. The lowest BCUT2D eigenvalue weighted by Gasteiger charge is -2.09. The number of methoxy groups -OCH3 is 1. The Morgan fingerprint density at radius 3 is 2.67 bits per heavy atom. The van der Waals surface area contributed by atoms with Gasteiger partial charge in [0.05, 0.1) is 13.7 Å². The highest BCUT2D eigenvalue weighted by atomic mass is 16.5. The van der Waals surface area contributed by atoms with Gasteiger partial charge in [0, 0.05) is 18.8 Å². The normalized spacial score (nSPS) is 10.0. The Morgan fingerprint density at radius 1 is 1.14 bits per heavy atom. The summed E-state index contributed by atoms with van der Waals surface area (Å²) in [7, 11) is 3.37. The van der Waals surface area contributed by atoms with E-state index in [1.54, 1.807) is 14.2 Å². The molecular weight excluding hydrogens is 270 g/mol. The van der Waals surface area contributed by atoms with Crippen LogP contribution in [0.3, 0.4) is 0 Å². The summed E-state index contributed by atoms with van der Waals surface area (Å²) in [4.78, 5) is 12.6. The van der Waals surface area contributed by atoms with E-state index in [0.717, 1.165) is 17.9 Å². The molecule has 0 aliphatic heterocycles. The van der Waals surface area contributed by atoms with Gasteiger partial charge in [-0.25, -0.2) is 0 Å². The standard InChI is InChI=1S/C14H19N5O2/c1-4-8-21-14-18-12(15-2)17-13(19-14)16-10-6-5-7-11(9-10)20-3/h5-7,9H,4,8H2,1-3H3,(H2,15,16,17,18,19). The second-order valence-electron chi connectivity index (χ2n) is 4.22. The number of nitrogens with one attached hydrogen (secondary N) is 2. The fourth-order valence-electron chi connectivity index (χ4n) is 1.61. The molecule has 0 spiro atoms. The van der Waals surface area contributed by atoms with Crippen LogP contribution >= 0.6 is 0 Å². The summed E-state index contributed by atoms with van der Waals surface area (Å²) in [5, 5.41) is 5.99. The first-order valence-corrected chi connectivity index (χ1v) is 6.73. The number of benzene rings is 1. The minimum Gasteiger partial charge on any atom is -0.497 e. The van der Waals surface area contributed by atoms with Crippen molar-refractivity contribution in [2.45, 2.75) is 13.3 Å². The number of hydrogen-bond donors (Lipinski definition) is 2. The van der Waals surface area contributed by atoms with Gasteiger partial charge < -0.3 is 20.1 Å². The number of hydrogen-bond acceptors (Lipinski definition) is 7. The molecule has 1 aromatic carbocycles. The molecule has 1 aromatic heterocycles. The Bertz CT molecular complexity index is 591. The smallest absolute Gasteiger partial charge is 0.323 e. The first-order valence-electron chi connectivity index (χ1n) is 6.73. The van der Waals surface area contributed by atoms with Gasteiger partial charge in [0.2, 0.25) is 11.9 Å². The van der Waals surface area contributed by atoms with Gasteiger partial charge in [-0.05, 0) is 18.6 Å². The van der Waals surface area contributed by atoms with Crippen molar-refractivity contribution in [3.05, 3.63) is 24.3 Å². The molecule has 2 rings (SSSR count). The molecule has 0 amide bonds. The third kappa shape index (κ3) is 4.20. The molecule has 21 heavy (non-hydrogen) atoms. The maximum atomic E-state index is 5.45. The predicted molar refractivity (Wildman–Crippen MR) is 81.4 cm³/mol. The van der Waals surface area contributed by atoms with E-state index >= 15 is 0 Å². The second kappa shape index (κ2) is 7.28. The van der Waals surface area contributed by atoms with Gasteiger partial charge in [0.1, 0.15) is 5.75 Å². The molecule has 7 nitrogen and oxygen atoms in total. The fourth-order valence-corrected chi connectivity index (χ4v) is 1.61. The number of rotatable bonds is 7. The molecular formula is C14H19N5O2. The van der Waals surface area contributed by atoms with Crippen LogP contribution in [0.15, 0.2) is 24.3 Å². The van der Waals surface area contributed by atoms with Crippen LogP contribution in [-0.4, -0.2) is 35.7 Å². The molecule has 0 saturated heterocycles. The average molecular weight is 289 g/mol. The highest BCUT2D eigenvalue weighted by Gasteiger charge is 2.07. The molecule has 0 fully saturated rings. The molecule has 0 aliphatic carbocycles.